The Labute approximate surface area is 510 Å². The molecule has 0 unspecified atom stereocenters. The van der Waals surface area contributed by atoms with Crippen LogP contribution in [0.2, 0.25) is 0 Å². The highest BCUT2D eigenvalue weighted by Gasteiger charge is 2.35. The highest BCUT2D eigenvalue weighted by atomic mass is 79.9. The normalized spacial score (nSPS) is 12.6. The van der Waals surface area contributed by atoms with Crippen molar-refractivity contribution in [2.75, 3.05) is 78.5 Å². The van der Waals surface area contributed by atoms with E-state index in [9.17, 15) is 19.2 Å². The number of halogens is 2. The lowest BCUT2D eigenvalue weighted by Gasteiger charge is -2.37. The number of hydrogen-bond donors (Lipinski definition) is 4. The fraction of sp³-hybridized carbons (Fsp3) is 0.516. The largest absolute Gasteiger partial charge is 0.368 e. The lowest BCUT2D eigenvalue weighted by molar-refractivity contribution is -0.150. The van der Waals surface area contributed by atoms with Crippen LogP contribution >= 0.6 is 31.9 Å². The molecule has 4 aromatic carbocycles. The van der Waals surface area contributed by atoms with Crippen LogP contribution in [0.5, 0.6) is 0 Å². The molecule has 0 aliphatic rings. The molecule has 0 aliphatic carbocycles. The Bertz CT molecular complexity index is 2600. The molecule has 0 radical (unpaired) electrons. The molecule has 0 aromatic heterocycles. The number of carbonyl (C=O) groups is 7. The topological polar surface area (TPSA) is 229 Å². The number of nitrogens with zero attached hydrogens (tertiary/aromatic N) is 6. The zero-order valence-electron chi connectivity index (χ0n) is 49.7. The summed E-state index contributed by atoms with van der Waals surface area (Å²) in [4.78, 5) is 110. The summed E-state index contributed by atoms with van der Waals surface area (Å²) in [5.41, 5.74) is 20.5. The molecule has 4 atom stereocenters. The van der Waals surface area contributed by atoms with Gasteiger partial charge in [-0.05, 0) is 126 Å². The summed E-state index contributed by atoms with van der Waals surface area (Å²) in [5, 5.41) is 3.30. The Hall–Kier alpha value is -5.99. The highest BCUT2D eigenvalue weighted by Crippen LogP contribution is 2.28. The molecule has 454 valence electrons. The van der Waals surface area contributed by atoms with Gasteiger partial charge < -0.3 is 51.9 Å². The summed E-state index contributed by atoms with van der Waals surface area (Å²) in [6.07, 6.45) is 11.6. The number of nitrogens with one attached hydrogen (secondary N) is 1. The van der Waals surface area contributed by atoms with E-state index in [4.69, 9.17) is 17.2 Å². The van der Waals surface area contributed by atoms with Crippen LogP contribution in [0, 0.1) is 0 Å². The summed E-state index contributed by atoms with van der Waals surface area (Å²) >= 11 is 6.98. The van der Waals surface area contributed by atoms with Crippen molar-refractivity contribution in [2.45, 2.75) is 136 Å². The second-order valence-electron chi connectivity index (χ2n) is 21.5. The molecule has 19 heteroatoms. The van der Waals surface area contributed by atoms with E-state index in [1.54, 1.807) is 18.7 Å². The van der Waals surface area contributed by atoms with Crippen LogP contribution < -0.4 is 22.5 Å². The molecule has 0 saturated carbocycles. The van der Waals surface area contributed by atoms with E-state index in [-0.39, 0.29) is 25.5 Å². The monoisotopic (exact) mass is 1270 g/mol. The van der Waals surface area contributed by atoms with Gasteiger partial charge in [-0.15, -0.1) is 0 Å². The first-order valence-electron chi connectivity index (χ1n) is 29.6. The van der Waals surface area contributed by atoms with Crippen LogP contribution in [0.25, 0.3) is 0 Å². The van der Waals surface area contributed by atoms with Crippen molar-refractivity contribution in [3.05, 3.63) is 140 Å². The zero-order chi connectivity index (χ0) is 60.7. The van der Waals surface area contributed by atoms with Gasteiger partial charge in [0.2, 0.25) is 41.4 Å². The third-order valence-electron chi connectivity index (χ3n) is 15.3. The van der Waals surface area contributed by atoms with E-state index >= 15 is 14.4 Å². The van der Waals surface area contributed by atoms with E-state index < -0.39 is 92.3 Å². The minimum Gasteiger partial charge on any atom is -0.368 e. The molecule has 0 spiro atoms. The fourth-order valence-electron chi connectivity index (χ4n) is 9.99. The predicted octanol–water partition coefficient (Wildman–Crippen LogP) is 9.22. The van der Waals surface area contributed by atoms with Crippen LogP contribution in [0.1, 0.15) is 158 Å². The number of rotatable bonds is 39. The van der Waals surface area contributed by atoms with E-state index in [2.05, 4.69) is 44.1 Å². The third kappa shape index (κ3) is 23.9. The van der Waals surface area contributed by atoms with Crippen LogP contribution in [0.15, 0.2) is 118 Å². The number of hydrogen-bond acceptors (Lipinski definition) is 10. The first-order chi connectivity index (χ1) is 39.9. The van der Waals surface area contributed by atoms with Crippen molar-refractivity contribution in [2.24, 2.45) is 17.2 Å². The van der Waals surface area contributed by atoms with Crippen molar-refractivity contribution >= 4 is 73.2 Å². The van der Waals surface area contributed by atoms with Gasteiger partial charge in [0.1, 0.15) is 19.6 Å². The van der Waals surface area contributed by atoms with Crippen LogP contribution in [-0.4, -0.2) is 149 Å². The Balaban J connectivity index is 1.68. The summed E-state index contributed by atoms with van der Waals surface area (Å²) < 4.78 is 1.64. The second kappa shape index (κ2) is 38.1. The summed E-state index contributed by atoms with van der Waals surface area (Å²) in [5.74, 6) is -3.57. The molecule has 17 nitrogen and oxygen atoms in total. The van der Waals surface area contributed by atoms with Gasteiger partial charge >= 0.3 is 0 Å². The lowest BCUT2D eigenvalue weighted by Crippen LogP contribution is -2.53. The van der Waals surface area contributed by atoms with Crippen molar-refractivity contribution in [3.8, 4) is 0 Å². The van der Waals surface area contributed by atoms with Gasteiger partial charge in [-0.2, -0.15) is 0 Å². The SMILES string of the molecule is CCCCCCCCCCNCC(=O)N(CCCCN)CC(=O)N(CC(=O)N(CC(=O)N(CCCCN)CC(=O)N(CC(=O)N(CC(N)=O)[C@H](C)c1ccc(Br)cc1)[C@H](C)c1ccccc1)[C@H](C)c1ccc(Br)cc1)[C@H](C)c1ccccc1. The van der Waals surface area contributed by atoms with Gasteiger partial charge in [0, 0.05) is 22.0 Å². The Morgan fingerprint density at radius 3 is 1.13 bits per heavy atom. The molecule has 4 rings (SSSR count). The molecule has 0 aliphatic heterocycles. The van der Waals surface area contributed by atoms with Gasteiger partial charge in [-0.1, -0.05) is 169 Å². The van der Waals surface area contributed by atoms with Gasteiger partial charge in [-0.3, -0.25) is 33.6 Å². The maximum atomic E-state index is 15.3. The van der Waals surface area contributed by atoms with Gasteiger partial charge in [-0.25, -0.2) is 0 Å². The zero-order valence-corrected chi connectivity index (χ0v) is 52.9. The van der Waals surface area contributed by atoms with Crippen molar-refractivity contribution in [1.82, 2.24) is 34.7 Å². The Morgan fingerprint density at radius 1 is 0.410 bits per heavy atom. The highest BCUT2D eigenvalue weighted by molar-refractivity contribution is 9.10. The average molecular weight is 1270 g/mol. The number of unbranched alkanes of at least 4 members (excludes halogenated alkanes) is 9. The Kier molecular flexibility index (Phi) is 31.9. The fourth-order valence-corrected chi connectivity index (χ4v) is 10.5. The van der Waals surface area contributed by atoms with Crippen molar-refractivity contribution in [3.63, 3.8) is 0 Å². The summed E-state index contributed by atoms with van der Waals surface area (Å²) in [6.45, 7) is 8.82. The van der Waals surface area contributed by atoms with Gasteiger partial charge in [0.25, 0.3) is 0 Å². The van der Waals surface area contributed by atoms with Crippen molar-refractivity contribution < 1.29 is 33.6 Å². The predicted molar refractivity (Wildman–Crippen MR) is 336 cm³/mol. The molecule has 4 aromatic rings. The number of primary amides is 1. The van der Waals surface area contributed by atoms with E-state index in [0.29, 0.717) is 57.4 Å². The van der Waals surface area contributed by atoms with Gasteiger partial charge in [0.05, 0.1) is 50.3 Å². The average Bonchev–Trinajstić information content (AvgIpc) is 3.63. The minimum absolute atomic E-state index is 0.0589. The van der Waals surface area contributed by atoms with Gasteiger partial charge in [0.15, 0.2) is 0 Å². The van der Waals surface area contributed by atoms with E-state index in [1.807, 2.05) is 123 Å². The molecular weight excluding hydrogens is 1180 g/mol. The van der Waals surface area contributed by atoms with E-state index in [0.717, 1.165) is 44.9 Å². The number of carbonyl (C=O) groups excluding carboxylic acids is 7. The molecule has 7 N–H and O–H groups in total. The third-order valence-corrected chi connectivity index (χ3v) is 16.3. The first-order valence-corrected chi connectivity index (χ1v) is 31.2. The first kappa shape index (κ1) is 69.5. The maximum Gasteiger partial charge on any atom is 0.243 e. The number of amides is 7. The van der Waals surface area contributed by atoms with Crippen molar-refractivity contribution in [1.29, 1.82) is 0 Å². The minimum atomic E-state index is -0.728. The van der Waals surface area contributed by atoms with Crippen LogP contribution in [-0.2, 0) is 33.6 Å². The molecule has 0 bridgehead atoms. The second-order valence-corrected chi connectivity index (χ2v) is 23.3. The molecule has 0 fully saturated rings. The molecule has 0 saturated heterocycles. The molecule has 83 heavy (non-hydrogen) atoms. The standard InChI is InChI=1S/C64H92Br2N10O7/c1-6-7-8-9-10-11-12-21-38-70-41-59(78)71(39-22-19-36-67)43-61(80)76(49(3)53-26-17-14-18-27-53)47-64(83)74(51(5)55-30-34-57(66)35-31-55)45-60(79)72(40-23-20-37-68)44-62(81)75(48(2)52-24-15-13-16-25-52)46-63(82)73(42-58(69)77)50(4)54-28-32-56(65)33-29-54/h13-18,24-35,48-51,70H,6-12,19-23,36-47,67-68H2,1-5H3,(H2,69,77)/t48-,49-,50-,51-/m1/s1. The molecule has 0 heterocycles. The number of benzene rings is 4. The molecular formula is C64H92Br2N10O7. The van der Waals surface area contributed by atoms with E-state index in [1.165, 1.54) is 56.6 Å². The number of nitrogens with two attached hydrogens (primary N) is 3. The smallest absolute Gasteiger partial charge is 0.243 e. The quantitative estimate of drug-likeness (QED) is 0.0310. The van der Waals surface area contributed by atoms with Crippen LogP contribution in [0.3, 0.4) is 0 Å². The Morgan fingerprint density at radius 2 is 0.747 bits per heavy atom. The lowest BCUT2D eigenvalue weighted by atomic mass is 10.0. The molecule has 7 amide bonds. The summed E-state index contributed by atoms with van der Waals surface area (Å²) in [6, 6.07) is 30.7. The van der Waals surface area contributed by atoms with Crippen LogP contribution in [0.4, 0.5) is 0 Å². The maximum absolute atomic E-state index is 15.3. The summed E-state index contributed by atoms with van der Waals surface area (Å²) in [7, 11) is 0.